The van der Waals surface area contributed by atoms with E-state index >= 15 is 0 Å². The Balaban J connectivity index is 1.62. The van der Waals surface area contributed by atoms with Crippen LogP contribution in [0.2, 0.25) is 0 Å². The van der Waals surface area contributed by atoms with Crippen molar-refractivity contribution in [2.45, 2.75) is 37.2 Å². The lowest BCUT2D eigenvalue weighted by molar-refractivity contribution is -0.115. The van der Waals surface area contributed by atoms with E-state index in [0.29, 0.717) is 16.8 Å². The first kappa shape index (κ1) is 22.6. The van der Waals surface area contributed by atoms with Gasteiger partial charge in [0.25, 0.3) is 0 Å². The molecular weight excluding hydrogens is 436 g/mol. The van der Waals surface area contributed by atoms with Gasteiger partial charge in [-0.1, -0.05) is 30.0 Å². The van der Waals surface area contributed by atoms with Gasteiger partial charge in [-0.05, 0) is 57.2 Å². The van der Waals surface area contributed by atoms with E-state index in [4.69, 9.17) is 4.74 Å². The fourth-order valence-electron chi connectivity index (χ4n) is 3.35. The summed E-state index contributed by atoms with van der Waals surface area (Å²) in [6.07, 6.45) is 1.68. The third kappa shape index (κ3) is 4.93. The SMILES string of the molecule is COc1ccc(-c2nnc(SC(C)C(=O)Nc3ccnn3C(C)C)n2-c2ccccc2)cc1. The van der Waals surface area contributed by atoms with Crippen LogP contribution in [0.1, 0.15) is 26.8 Å². The summed E-state index contributed by atoms with van der Waals surface area (Å²) in [6, 6.07) is 19.5. The van der Waals surface area contributed by atoms with E-state index < -0.39 is 5.25 Å². The molecule has 170 valence electrons. The van der Waals surface area contributed by atoms with Crippen LogP contribution in [-0.4, -0.2) is 42.8 Å². The number of aromatic nitrogens is 5. The van der Waals surface area contributed by atoms with Crippen molar-refractivity contribution in [3.05, 3.63) is 66.9 Å². The molecule has 1 N–H and O–H groups in total. The minimum absolute atomic E-state index is 0.129. The molecule has 0 saturated carbocycles. The molecule has 2 aromatic carbocycles. The second-order valence-electron chi connectivity index (χ2n) is 7.71. The summed E-state index contributed by atoms with van der Waals surface area (Å²) < 4.78 is 9.02. The quantitative estimate of drug-likeness (QED) is 0.377. The van der Waals surface area contributed by atoms with Crippen LogP contribution in [0.25, 0.3) is 17.1 Å². The summed E-state index contributed by atoms with van der Waals surface area (Å²) in [5, 5.41) is 16.3. The van der Waals surface area contributed by atoms with Gasteiger partial charge < -0.3 is 10.1 Å². The van der Waals surface area contributed by atoms with Gasteiger partial charge in [0, 0.05) is 23.4 Å². The number of para-hydroxylation sites is 1. The molecule has 9 heteroatoms. The Kier molecular flexibility index (Phi) is 6.79. The van der Waals surface area contributed by atoms with Crippen molar-refractivity contribution in [1.29, 1.82) is 0 Å². The Morgan fingerprint density at radius 2 is 1.73 bits per heavy atom. The van der Waals surface area contributed by atoms with E-state index in [0.717, 1.165) is 17.0 Å². The van der Waals surface area contributed by atoms with Gasteiger partial charge in [0.15, 0.2) is 11.0 Å². The van der Waals surface area contributed by atoms with Gasteiger partial charge in [0.2, 0.25) is 5.91 Å². The van der Waals surface area contributed by atoms with E-state index in [1.807, 2.05) is 79.9 Å². The number of hydrogen-bond acceptors (Lipinski definition) is 6. The number of nitrogens with one attached hydrogen (secondary N) is 1. The zero-order valence-corrected chi connectivity index (χ0v) is 19.8. The largest absolute Gasteiger partial charge is 0.497 e. The Labute approximate surface area is 197 Å². The Morgan fingerprint density at radius 1 is 1.00 bits per heavy atom. The average Bonchev–Trinajstić information content (AvgIpc) is 3.47. The van der Waals surface area contributed by atoms with Crippen LogP contribution in [0.4, 0.5) is 5.82 Å². The molecule has 2 heterocycles. The molecule has 1 unspecified atom stereocenters. The summed E-state index contributed by atoms with van der Waals surface area (Å²) in [5.41, 5.74) is 1.82. The summed E-state index contributed by atoms with van der Waals surface area (Å²) in [6.45, 7) is 5.89. The summed E-state index contributed by atoms with van der Waals surface area (Å²) in [4.78, 5) is 12.9. The summed E-state index contributed by atoms with van der Waals surface area (Å²) >= 11 is 1.36. The Hall–Kier alpha value is -3.59. The first-order valence-electron chi connectivity index (χ1n) is 10.6. The highest BCUT2D eigenvalue weighted by molar-refractivity contribution is 8.00. The van der Waals surface area contributed by atoms with Crippen LogP contribution >= 0.6 is 11.8 Å². The minimum atomic E-state index is -0.407. The number of ether oxygens (including phenoxy) is 1. The van der Waals surface area contributed by atoms with Crippen LogP contribution in [0.5, 0.6) is 5.75 Å². The van der Waals surface area contributed by atoms with Crippen LogP contribution < -0.4 is 10.1 Å². The molecule has 8 nitrogen and oxygen atoms in total. The Morgan fingerprint density at radius 3 is 2.39 bits per heavy atom. The molecule has 4 rings (SSSR count). The first-order valence-corrected chi connectivity index (χ1v) is 11.5. The van der Waals surface area contributed by atoms with Crippen LogP contribution in [0.15, 0.2) is 72.0 Å². The maximum Gasteiger partial charge on any atom is 0.238 e. The number of carbonyl (C=O) groups excluding carboxylic acids is 1. The van der Waals surface area contributed by atoms with E-state index in [2.05, 4.69) is 20.6 Å². The number of thioether (sulfide) groups is 1. The maximum absolute atomic E-state index is 12.9. The van der Waals surface area contributed by atoms with Gasteiger partial charge >= 0.3 is 0 Å². The predicted octanol–water partition coefficient (Wildman–Crippen LogP) is 4.84. The first-order chi connectivity index (χ1) is 16.0. The lowest BCUT2D eigenvalue weighted by Crippen LogP contribution is -2.25. The fraction of sp³-hybridized carbons (Fsp3) is 0.250. The third-order valence-electron chi connectivity index (χ3n) is 5.06. The van der Waals surface area contributed by atoms with E-state index in [1.165, 1.54) is 11.8 Å². The zero-order chi connectivity index (χ0) is 23.4. The van der Waals surface area contributed by atoms with E-state index in [-0.39, 0.29) is 11.9 Å². The third-order valence-corrected chi connectivity index (χ3v) is 6.10. The van der Waals surface area contributed by atoms with Crippen molar-refractivity contribution in [2.24, 2.45) is 0 Å². The summed E-state index contributed by atoms with van der Waals surface area (Å²) in [7, 11) is 1.64. The molecule has 0 aliphatic heterocycles. The van der Waals surface area contributed by atoms with Gasteiger partial charge in [-0.3, -0.25) is 9.36 Å². The summed E-state index contributed by atoms with van der Waals surface area (Å²) in [5.74, 6) is 2.00. The van der Waals surface area contributed by atoms with E-state index in [1.54, 1.807) is 24.1 Å². The van der Waals surface area contributed by atoms with Crippen LogP contribution in [0, 0.1) is 0 Å². The van der Waals surface area contributed by atoms with Crippen LogP contribution in [-0.2, 0) is 4.79 Å². The second-order valence-corrected chi connectivity index (χ2v) is 9.02. The molecule has 0 saturated heterocycles. The number of hydrogen-bond donors (Lipinski definition) is 1. The molecule has 0 aliphatic rings. The van der Waals surface area contributed by atoms with Crippen molar-refractivity contribution >= 4 is 23.5 Å². The highest BCUT2D eigenvalue weighted by Gasteiger charge is 2.23. The molecule has 2 aromatic heterocycles. The van der Waals surface area contributed by atoms with Crippen molar-refractivity contribution in [3.63, 3.8) is 0 Å². The number of benzene rings is 2. The number of carbonyl (C=O) groups is 1. The second kappa shape index (κ2) is 9.91. The molecule has 0 spiro atoms. The molecule has 1 amide bonds. The molecule has 0 fully saturated rings. The standard InChI is InChI=1S/C24H26N6O2S/c1-16(2)30-21(14-15-25-30)26-23(31)17(3)33-24-28-27-22(18-10-12-20(32-4)13-11-18)29(24)19-8-6-5-7-9-19/h5-17H,1-4H3,(H,26,31). The normalized spacial score (nSPS) is 12.0. The highest BCUT2D eigenvalue weighted by Crippen LogP contribution is 2.31. The monoisotopic (exact) mass is 462 g/mol. The van der Waals surface area contributed by atoms with Gasteiger partial charge in [-0.25, -0.2) is 4.68 Å². The highest BCUT2D eigenvalue weighted by atomic mass is 32.2. The molecule has 0 bridgehead atoms. The zero-order valence-electron chi connectivity index (χ0n) is 19.0. The number of amides is 1. The molecule has 0 radical (unpaired) electrons. The van der Waals surface area contributed by atoms with Crippen molar-refractivity contribution in [1.82, 2.24) is 24.5 Å². The lowest BCUT2D eigenvalue weighted by atomic mass is 10.2. The van der Waals surface area contributed by atoms with Crippen molar-refractivity contribution < 1.29 is 9.53 Å². The van der Waals surface area contributed by atoms with Gasteiger partial charge in [-0.15, -0.1) is 10.2 Å². The average molecular weight is 463 g/mol. The van der Waals surface area contributed by atoms with Crippen molar-refractivity contribution in [2.75, 3.05) is 12.4 Å². The molecule has 0 aliphatic carbocycles. The molecule has 33 heavy (non-hydrogen) atoms. The van der Waals surface area contributed by atoms with Gasteiger partial charge in [-0.2, -0.15) is 5.10 Å². The predicted molar refractivity (Wildman–Crippen MR) is 130 cm³/mol. The van der Waals surface area contributed by atoms with E-state index in [9.17, 15) is 4.79 Å². The lowest BCUT2D eigenvalue weighted by Gasteiger charge is -2.15. The number of methoxy groups -OCH3 is 1. The number of anilines is 1. The Bertz CT molecular complexity index is 1220. The molecular formula is C24H26N6O2S. The number of rotatable bonds is 8. The minimum Gasteiger partial charge on any atom is -0.497 e. The van der Waals surface area contributed by atoms with Crippen molar-refractivity contribution in [3.8, 4) is 22.8 Å². The van der Waals surface area contributed by atoms with Gasteiger partial charge in [0.1, 0.15) is 11.6 Å². The van der Waals surface area contributed by atoms with Gasteiger partial charge in [0.05, 0.1) is 18.6 Å². The smallest absolute Gasteiger partial charge is 0.238 e. The molecule has 1 atom stereocenters. The maximum atomic E-state index is 12.9. The molecule has 4 aromatic rings. The van der Waals surface area contributed by atoms with Crippen LogP contribution in [0.3, 0.4) is 0 Å². The topological polar surface area (TPSA) is 86.9 Å². The fourth-order valence-corrected chi connectivity index (χ4v) is 4.21. The number of nitrogens with zero attached hydrogens (tertiary/aromatic N) is 5.